The highest BCUT2D eigenvalue weighted by molar-refractivity contribution is 8.18. The first-order chi connectivity index (χ1) is 17.0. The Morgan fingerprint density at radius 3 is 2.40 bits per heavy atom. The molecule has 8 heteroatoms. The number of carbonyl (C=O) groups is 1. The molecule has 1 amide bonds. The van der Waals surface area contributed by atoms with Crippen molar-refractivity contribution in [2.75, 3.05) is 19.1 Å². The minimum absolute atomic E-state index is 0.182. The van der Waals surface area contributed by atoms with Crippen molar-refractivity contribution < 1.29 is 14.6 Å². The Bertz CT molecular complexity index is 1430. The number of phenolic OH excluding ortho intramolecular Hbond substituents is 1. The van der Waals surface area contributed by atoms with Crippen LogP contribution in [0.2, 0.25) is 0 Å². The molecular weight excluding hydrogens is 460 g/mol. The van der Waals surface area contributed by atoms with Crippen molar-refractivity contribution in [3.63, 3.8) is 0 Å². The van der Waals surface area contributed by atoms with Crippen LogP contribution in [0, 0.1) is 0 Å². The summed E-state index contributed by atoms with van der Waals surface area (Å²) in [7, 11) is 3.47. The van der Waals surface area contributed by atoms with Gasteiger partial charge in [0.25, 0.3) is 5.91 Å². The lowest BCUT2D eigenvalue weighted by Gasteiger charge is -2.17. The molecular formula is C27H22N4O3S. The lowest BCUT2D eigenvalue weighted by Crippen LogP contribution is -2.21. The number of aliphatic imine (C=N–C) groups is 1. The molecule has 0 atom stereocenters. The second-order valence-corrected chi connectivity index (χ2v) is 8.84. The second-order valence-electron chi connectivity index (χ2n) is 7.83. The smallest absolute Gasteiger partial charge is 0.286 e. The van der Waals surface area contributed by atoms with Crippen molar-refractivity contribution in [2.24, 2.45) is 4.99 Å². The molecule has 0 saturated heterocycles. The van der Waals surface area contributed by atoms with Crippen molar-refractivity contribution in [1.82, 2.24) is 9.78 Å². The fourth-order valence-corrected chi connectivity index (χ4v) is 4.53. The summed E-state index contributed by atoms with van der Waals surface area (Å²) in [4.78, 5) is 19.4. The minimum Gasteiger partial charge on any atom is -0.508 e. The molecule has 4 aromatic rings. The molecule has 1 aliphatic heterocycles. The average molecular weight is 483 g/mol. The maximum atomic E-state index is 12.8. The molecule has 2 heterocycles. The Balaban J connectivity index is 1.50. The highest BCUT2D eigenvalue weighted by atomic mass is 32.2. The average Bonchev–Trinajstić information content (AvgIpc) is 3.48. The second kappa shape index (κ2) is 9.52. The third kappa shape index (κ3) is 4.69. The Kier molecular flexibility index (Phi) is 6.12. The molecule has 174 valence electrons. The number of thioether (sulfide) groups is 1. The van der Waals surface area contributed by atoms with Crippen LogP contribution < -0.4 is 9.64 Å². The summed E-state index contributed by atoms with van der Waals surface area (Å²) < 4.78 is 7.10. The van der Waals surface area contributed by atoms with Crippen molar-refractivity contribution in [3.05, 3.63) is 95.5 Å². The Labute approximate surface area is 207 Å². The number of aromatic hydroxyl groups is 1. The number of amides is 1. The van der Waals surface area contributed by atoms with Gasteiger partial charge >= 0.3 is 0 Å². The van der Waals surface area contributed by atoms with E-state index in [-0.39, 0.29) is 11.7 Å². The van der Waals surface area contributed by atoms with Crippen LogP contribution in [0.1, 0.15) is 5.56 Å². The largest absolute Gasteiger partial charge is 0.508 e. The van der Waals surface area contributed by atoms with Gasteiger partial charge in [-0.05, 0) is 78.5 Å². The van der Waals surface area contributed by atoms with Gasteiger partial charge in [-0.15, -0.1) is 0 Å². The molecule has 3 aromatic carbocycles. The first-order valence-electron chi connectivity index (χ1n) is 10.9. The van der Waals surface area contributed by atoms with Crippen LogP contribution in [0.15, 0.2) is 95.0 Å². The van der Waals surface area contributed by atoms with Gasteiger partial charge in [0.05, 0.1) is 23.4 Å². The van der Waals surface area contributed by atoms with Gasteiger partial charge < -0.3 is 14.7 Å². The summed E-state index contributed by atoms with van der Waals surface area (Å²) in [6, 6.07) is 24.2. The number of carbonyl (C=O) groups excluding carboxylic acids is 1. The summed E-state index contributed by atoms with van der Waals surface area (Å²) in [6.07, 6.45) is 3.75. The van der Waals surface area contributed by atoms with Crippen molar-refractivity contribution in [1.29, 1.82) is 0 Å². The molecule has 0 unspecified atom stereocenters. The van der Waals surface area contributed by atoms with Crippen LogP contribution >= 0.6 is 11.8 Å². The minimum atomic E-state index is -0.302. The molecule has 1 N–H and O–H groups in total. The molecule has 0 bridgehead atoms. The standard InChI is InChI=1S/C27H22N4O3S/c1-30(20-10-12-22(32)13-11-20)27-28-26(33)24(35-27)16-19-17-31(21-6-4-3-5-7-21)29-25(19)18-8-14-23(34-2)15-9-18/h3-17,32H,1-2H3/b24-16+. The summed E-state index contributed by atoms with van der Waals surface area (Å²) >= 11 is 1.30. The number of methoxy groups -OCH3 is 1. The zero-order valence-electron chi connectivity index (χ0n) is 19.1. The maximum absolute atomic E-state index is 12.8. The third-order valence-electron chi connectivity index (χ3n) is 5.55. The number of nitrogens with zero attached hydrogens (tertiary/aromatic N) is 4. The molecule has 0 aliphatic carbocycles. The quantitative estimate of drug-likeness (QED) is 0.386. The van der Waals surface area contributed by atoms with Crippen LogP contribution in [-0.2, 0) is 4.79 Å². The van der Waals surface area contributed by atoms with Crippen molar-refractivity contribution in [2.45, 2.75) is 0 Å². The van der Waals surface area contributed by atoms with Crippen molar-refractivity contribution >= 4 is 34.6 Å². The molecule has 0 fully saturated rings. The normalized spacial score (nSPS) is 14.3. The molecule has 1 aromatic heterocycles. The number of anilines is 1. The van der Waals surface area contributed by atoms with Crippen LogP contribution in [0.25, 0.3) is 23.0 Å². The lowest BCUT2D eigenvalue weighted by atomic mass is 10.1. The van der Waals surface area contributed by atoms with E-state index in [2.05, 4.69) is 4.99 Å². The summed E-state index contributed by atoms with van der Waals surface area (Å²) in [6.45, 7) is 0. The van der Waals surface area contributed by atoms with Crippen LogP contribution in [-0.4, -0.2) is 40.1 Å². The Hall–Kier alpha value is -4.30. The first-order valence-corrected chi connectivity index (χ1v) is 11.7. The van der Waals surface area contributed by atoms with Crippen LogP contribution in [0.5, 0.6) is 11.5 Å². The number of ether oxygens (including phenoxy) is 1. The van der Waals surface area contributed by atoms with E-state index >= 15 is 0 Å². The van der Waals surface area contributed by atoms with E-state index < -0.39 is 0 Å². The Morgan fingerprint density at radius 2 is 1.71 bits per heavy atom. The van der Waals surface area contributed by atoms with Gasteiger partial charge in [0, 0.05) is 30.1 Å². The molecule has 7 nitrogen and oxygen atoms in total. The van der Waals surface area contributed by atoms with Gasteiger partial charge in [0.1, 0.15) is 11.5 Å². The molecule has 0 saturated carbocycles. The number of aromatic nitrogens is 2. The predicted octanol–water partition coefficient (Wildman–Crippen LogP) is 5.36. The highest BCUT2D eigenvalue weighted by Gasteiger charge is 2.26. The monoisotopic (exact) mass is 482 g/mol. The summed E-state index contributed by atoms with van der Waals surface area (Å²) in [5.74, 6) is 0.637. The van der Waals surface area contributed by atoms with Crippen molar-refractivity contribution in [3.8, 4) is 28.4 Å². The van der Waals surface area contributed by atoms with Gasteiger partial charge in [-0.1, -0.05) is 18.2 Å². The number of benzene rings is 3. The molecule has 0 radical (unpaired) electrons. The van der Waals surface area contributed by atoms with Gasteiger partial charge in [0.15, 0.2) is 5.17 Å². The van der Waals surface area contributed by atoms with Gasteiger partial charge in [-0.2, -0.15) is 10.1 Å². The molecule has 35 heavy (non-hydrogen) atoms. The van der Waals surface area contributed by atoms with E-state index in [0.717, 1.165) is 33.9 Å². The van der Waals surface area contributed by atoms with E-state index in [0.29, 0.717) is 10.1 Å². The fraction of sp³-hybridized carbons (Fsp3) is 0.0741. The molecule has 0 spiro atoms. The maximum Gasteiger partial charge on any atom is 0.286 e. The van der Waals surface area contributed by atoms with Gasteiger partial charge in [0.2, 0.25) is 0 Å². The number of hydrogen-bond acceptors (Lipinski definition) is 6. The lowest BCUT2D eigenvalue weighted by molar-refractivity contribution is -0.113. The van der Waals surface area contributed by atoms with E-state index in [9.17, 15) is 9.90 Å². The van der Waals surface area contributed by atoms with Crippen LogP contribution in [0.3, 0.4) is 0 Å². The zero-order chi connectivity index (χ0) is 24.4. The SMILES string of the molecule is COc1ccc(-c2nn(-c3ccccc3)cc2/C=C2/SC(N(C)c3ccc(O)cc3)=NC2=O)cc1. The van der Waals surface area contributed by atoms with Gasteiger partial charge in [-0.25, -0.2) is 4.68 Å². The third-order valence-corrected chi connectivity index (χ3v) is 6.61. The predicted molar refractivity (Wildman–Crippen MR) is 140 cm³/mol. The molecule has 5 rings (SSSR count). The number of amidine groups is 1. The number of para-hydroxylation sites is 1. The molecule has 1 aliphatic rings. The van der Waals surface area contributed by atoms with Crippen LogP contribution in [0.4, 0.5) is 5.69 Å². The number of phenols is 1. The number of hydrogen-bond donors (Lipinski definition) is 1. The zero-order valence-corrected chi connectivity index (χ0v) is 19.9. The highest BCUT2D eigenvalue weighted by Crippen LogP contribution is 2.34. The first kappa shape index (κ1) is 22.5. The Morgan fingerprint density at radius 1 is 1.00 bits per heavy atom. The van der Waals surface area contributed by atoms with E-state index in [1.165, 1.54) is 11.8 Å². The van der Waals surface area contributed by atoms with Gasteiger partial charge in [-0.3, -0.25) is 4.79 Å². The van der Waals surface area contributed by atoms with E-state index in [4.69, 9.17) is 9.84 Å². The number of rotatable bonds is 5. The van der Waals surface area contributed by atoms with E-state index in [1.54, 1.807) is 36.1 Å². The van der Waals surface area contributed by atoms with E-state index in [1.807, 2.05) is 78.8 Å². The fourth-order valence-electron chi connectivity index (χ4n) is 3.65. The topological polar surface area (TPSA) is 79.9 Å². The summed E-state index contributed by atoms with van der Waals surface area (Å²) in [5.41, 5.74) is 4.20. The summed E-state index contributed by atoms with van der Waals surface area (Å²) in [5, 5.41) is 14.9.